The molecule has 0 spiro atoms. The van der Waals surface area contributed by atoms with Gasteiger partial charge >= 0.3 is 12.2 Å². The first-order valence-electron chi connectivity index (χ1n) is 8.27. The minimum absolute atomic E-state index is 0.0570. The van der Waals surface area contributed by atoms with Crippen LogP contribution >= 0.6 is 11.6 Å². The van der Waals surface area contributed by atoms with Crippen LogP contribution < -0.4 is 16.0 Å². The summed E-state index contributed by atoms with van der Waals surface area (Å²) in [4.78, 5) is 24.7. The Morgan fingerprint density at radius 2 is 1.83 bits per heavy atom. The monoisotopic (exact) mass is 427 g/mol. The molecule has 1 saturated heterocycles. The summed E-state index contributed by atoms with van der Waals surface area (Å²) in [6.07, 6.45) is -4.70. The van der Waals surface area contributed by atoms with Crippen LogP contribution in [0.5, 0.6) is 0 Å². The highest BCUT2D eigenvalue weighted by Crippen LogP contribution is 2.38. The number of amides is 3. The van der Waals surface area contributed by atoms with Gasteiger partial charge in [0.1, 0.15) is 11.7 Å². The predicted molar refractivity (Wildman–Crippen MR) is 98.5 cm³/mol. The Hall–Kier alpha value is -3.07. The van der Waals surface area contributed by atoms with Gasteiger partial charge in [-0.2, -0.15) is 13.2 Å². The van der Waals surface area contributed by atoms with E-state index in [-0.39, 0.29) is 16.3 Å². The second-order valence-electron chi connectivity index (χ2n) is 6.25. The van der Waals surface area contributed by atoms with Gasteiger partial charge in [0.15, 0.2) is 0 Å². The normalized spacial score (nSPS) is 19.3. The summed E-state index contributed by atoms with van der Waals surface area (Å²) >= 11 is 6.05. The van der Waals surface area contributed by atoms with Gasteiger partial charge in [0.2, 0.25) is 5.91 Å². The summed E-state index contributed by atoms with van der Waals surface area (Å²) in [5, 5.41) is 6.81. The summed E-state index contributed by atoms with van der Waals surface area (Å²) in [5.74, 6) is -3.04. The molecule has 3 N–H and O–H groups in total. The fourth-order valence-corrected chi connectivity index (χ4v) is 3.37. The molecule has 0 aliphatic carbocycles. The van der Waals surface area contributed by atoms with Crippen LogP contribution in [0.2, 0.25) is 5.02 Å². The number of hydrogen-bond acceptors (Lipinski definition) is 2. The summed E-state index contributed by atoms with van der Waals surface area (Å²) in [7, 11) is 0. The van der Waals surface area contributed by atoms with Crippen molar-refractivity contribution in [3.63, 3.8) is 0 Å². The topological polar surface area (TPSA) is 70.2 Å². The van der Waals surface area contributed by atoms with E-state index in [0.717, 1.165) is 18.2 Å². The molecule has 2 aromatic rings. The van der Waals surface area contributed by atoms with Gasteiger partial charge in [0, 0.05) is 16.3 Å². The van der Waals surface area contributed by atoms with E-state index >= 15 is 0 Å². The van der Waals surface area contributed by atoms with Crippen LogP contribution in [0.1, 0.15) is 17.2 Å². The van der Waals surface area contributed by atoms with E-state index in [2.05, 4.69) is 22.5 Å². The molecule has 2 atom stereocenters. The Bertz CT molecular complexity index is 973. The maximum Gasteiger partial charge on any atom is 0.418 e. The van der Waals surface area contributed by atoms with Crippen molar-refractivity contribution >= 4 is 29.2 Å². The lowest BCUT2D eigenvalue weighted by molar-refractivity contribution is -0.137. The van der Waals surface area contributed by atoms with Crippen LogP contribution in [-0.4, -0.2) is 11.9 Å². The fraction of sp³-hybridized carbons (Fsp3) is 0.158. The lowest BCUT2D eigenvalue weighted by Crippen LogP contribution is -2.52. The molecule has 0 radical (unpaired) electrons. The zero-order valence-electron chi connectivity index (χ0n) is 14.6. The lowest BCUT2D eigenvalue weighted by Gasteiger charge is -2.34. The van der Waals surface area contributed by atoms with Gasteiger partial charge < -0.3 is 16.0 Å². The Labute approximate surface area is 167 Å². The average Bonchev–Trinajstić information content (AvgIpc) is 2.60. The number of halogens is 5. The van der Waals surface area contributed by atoms with Crippen molar-refractivity contribution in [2.24, 2.45) is 5.92 Å². The Balaban J connectivity index is 2.00. The zero-order chi connectivity index (χ0) is 21.3. The first-order chi connectivity index (χ1) is 13.6. The maximum atomic E-state index is 14.4. The van der Waals surface area contributed by atoms with Crippen LogP contribution in [0.3, 0.4) is 0 Å². The number of carbonyl (C=O) groups excluding carboxylic acids is 2. The summed E-state index contributed by atoms with van der Waals surface area (Å²) in [6.45, 7) is 3.59. The van der Waals surface area contributed by atoms with Crippen molar-refractivity contribution in [1.82, 2.24) is 10.6 Å². The van der Waals surface area contributed by atoms with E-state index in [1.807, 2.05) is 0 Å². The Morgan fingerprint density at radius 1 is 1.14 bits per heavy atom. The van der Waals surface area contributed by atoms with Gasteiger partial charge in [0.05, 0.1) is 17.3 Å². The molecule has 0 aromatic heterocycles. The third-order valence-electron chi connectivity index (χ3n) is 4.35. The quantitative estimate of drug-likeness (QED) is 0.625. The number of hydrogen-bond donors (Lipinski definition) is 3. The summed E-state index contributed by atoms with van der Waals surface area (Å²) in [5.41, 5.74) is -1.81. The van der Waals surface area contributed by atoms with Crippen molar-refractivity contribution in [3.8, 4) is 0 Å². The molecule has 3 amide bonds. The smallest absolute Gasteiger partial charge is 0.330 e. The molecule has 1 heterocycles. The zero-order valence-corrected chi connectivity index (χ0v) is 15.4. The second-order valence-corrected chi connectivity index (χ2v) is 6.65. The van der Waals surface area contributed by atoms with Crippen molar-refractivity contribution in [2.75, 3.05) is 5.32 Å². The molecule has 2 aromatic carbocycles. The van der Waals surface area contributed by atoms with E-state index in [1.165, 1.54) is 24.3 Å². The number of carbonyl (C=O) groups is 2. The summed E-state index contributed by atoms with van der Waals surface area (Å²) < 4.78 is 54.0. The first kappa shape index (κ1) is 20.7. The van der Waals surface area contributed by atoms with Crippen molar-refractivity contribution in [3.05, 3.63) is 76.7 Å². The number of anilines is 1. The molecular weight excluding hydrogens is 414 g/mol. The Morgan fingerprint density at radius 3 is 2.48 bits per heavy atom. The van der Waals surface area contributed by atoms with E-state index < -0.39 is 47.1 Å². The number of para-hydroxylation sites is 1. The van der Waals surface area contributed by atoms with Gasteiger partial charge in [-0.25, -0.2) is 9.18 Å². The highest BCUT2D eigenvalue weighted by Gasteiger charge is 2.41. The van der Waals surface area contributed by atoms with Gasteiger partial charge in [0.25, 0.3) is 0 Å². The molecular formula is C19H14ClF4N3O2. The third kappa shape index (κ3) is 4.19. The van der Waals surface area contributed by atoms with Gasteiger partial charge in [-0.15, -0.1) is 0 Å². The number of nitrogens with one attached hydrogen (secondary N) is 3. The molecule has 0 bridgehead atoms. The minimum atomic E-state index is -4.70. The van der Waals surface area contributed by atoms with Crippen LogP contribution in [-0.2, 0) is 11.0 Å². The standard InChI is InChI=1S/C19H14ClF4N3O2/c1-9-14(17(28)26-13-8-3-2-5-10(13)19(22,23)24)16(27-18(29)25-9)15-11(20)6-4-7-12(15)21/h2-8,14,16H,1H2,(H,26,28)(H2,25,27,29)/t14-,16-/m0/s1. The van der Waals surface area contributed by atoms with Crippen molar-refractivity contribution in [2.45, 2.75) is 12.2 Å². The second kappa shape index (κ2) is 7.75. The molecule has 152 valence electrons. The number of rotatable bonds is 3. The van der Waals surface area contributed by atoms with E-state index in [9.17, 15) is 27.2 Å². The first-order valence-corrected chi connectivity index (χ1v) is 8.64. The largest absolute Gasteiger partial charge is 0.418 e. The number of benzene rings is 2. The van der Waals surface area contributed by atoms with Crippen LogP contribution in [0, 0.1) is 11.7 Å². The van der Waals surface area contributed by atoms with Gasteiger partial charge in [-0.3, -0.25) is 4.79 Å². The highest BCUT2D eigenvalue weighted by atomic mass is 35.5. The molecule has 0 saturated carbocycles. The predicted octanol–water partition coefficient (Wildman–Crippen LogP) is 4.62. The minimum Gasteiger partial charge on any atom is -0.330 e. The van der Waals surface area contributed by atoms with Crippen molar-refractivity contribution in [1.29, 1.82) is 0 Å². The third-order valence-corrected chi connectivity index (χ3v) is 4.68. The maximum absolute atomic E-state index is 14.4. The Kier molecular flexibility index (Phi) is 5.52. The van der Waals surface area contributed by atoms with Crippen molar-refractivity contribution < 1.29 is 27.2 Å². The molecule has 1 aliphatic rings. The molecule has 1 fully saturated rings. The average molecular weight is 428 g/mol. The molecule has 29 heavy (non-hydrogen) atoms. The van der Waals surface area contributed by atoms with Crippen LogP contribution in [0.15, 0.2) is 54.7 Å². The van der Waals surface area contributed by atoms with Gasteiger partial charge in [-0.05, 0) is 24.3 Å². The van der Waals surface area contributed by atoms with Gasteiger partial charge in [-0.1, -0.05) is 36.4 Å². The number of alkyl halides is 3. The van der Waals surface area contributed by atoms with E-state index in [4.69, 9.17) is 11.6 Å². The summed E-state index contributed by atoms with van der Waals surface area (Å²) in [6, 6.07) is 6.18. The molecule has 5 nitrogen and oxygen atoms in total. The fourth-order valence-electron chi connectivity index (χ4n) is 3.09. The lowest BCUT2D eigenvalue weighted by atomic mass is 9.87. The molecule has 3 rings (SSSR count). The van der Waals surface area contributed by atoms with Crippen LogP contribution in [0.25, 0.3) is 0 Å². The van der Waals surface area contributed by atoms with E-state index in [1.54, 1.807) is 0 Å². The SMILES string of the molecule is C=C1NC(=O)N[C@H](c2c(F)cccc2Cl)[C@H]1C(=O)Nc1ccccc1C(F)(F)F. The van der Waals surface area contributed by atoms with E-state index in [0.29, 0.717) is 0 Å². The molecule has 10 heteroatoms. The number of urea groups is 1. The highest BCUT2D eigenvalue weighted by molar-refractivity contribution is 6.31. The molecule has 1 aliphatic heterocycles. The molecule has 0 unspecified atom stereocenters. The van der Waals surface area contributed by atoms with Crippen LogP contribution in [0.4, 0.5) is 28.0 Å².